The van der Waals surface area contributed by atoms with E-state index < -0.39 is 0 Å². The van der Waals surface area contributed by atoms with Crippen molar-refractivity contribution in [1.82, 2.24) is 15.7 Å². The van der Waals surface area contributed by atoms with Crippen LogP contribution in [0.25, 0.3) is 22.2 Å². The Balaban J connectivity index is 1.45. The fourth-order valence-corrected chi connectivity index (χ4v) is 4.52. The summed E-state index contributed by atoms with van der Waals surface area (Å²) in [5.41, 5.74) is 7.23. The first-order chi connectivity index (χ1) is 15.2. The van der Waals surface area contributed by atoms with Crippen LogP contribution in [0.1, 0.15) is 41.6 Å². The summed E-state index contributed by atoms with van der Waals surface area (Å²) < 4.78 is 0. The molecule has 0 atom stereocenters. The molecule has 2 aromatic carbocycles. The number of hydrazone groups is 1. The maximum Gasteiger partial charge on any atom is 0.272 e. The molecule has 1 fully saturated rings. The molecule has 7 heteroatoms. The molecular weight excluding hydrogens is 390 g/mol. The van der Waals surface area contributed by atoms with Gasteiger partial charge in [-0.2, -0.15) is 5.10 Å². The van der Waals surface area contributed by atoms with Crippen molar-refractivity contribution < 1.29 is 9.59 Å². The molecule has 2 aliphatic rings. The number of H-pyrrole nitrogens is 1. The van der Waals surface area contributed by atoms with Gasteiger partial charge in [-0.25, -0.2) is 5.43 Å². The van der Waals surface area contributed by atoms with Crippen molar-refractivity contribution in [1.29, 1.82) is 0 Å². The van der Waals surface area contributed by atoms with Gasteiger partial charge in [0.05, 0.1) is 17.5 Å². The van der Waals surface area contributed by atoms with Crippen molar-refractivity contribution in [3.63, 3.8) is 0 Å². The van der Waals surface area contributed by atoms with Crippen LogP contribution in [0.2, 0.25) is 0 Å². The van der Waals surface area contributed by atoms with Crippen molar-refractivity contribution >= 4 is 34.6 Å². The summed E-state index contributed by atoms with van der Waals surface area (Å²) in [5.74, 6) is 0.288. The molecule has 0 unspecified atom stereocenters. The van der Waals surface area contributed by atoms with Crippen molar-refractivity contribution in [2.24, 2.45) is 11.0 Å². The van der Waals surface area contributed by atoms with E-state index in [-0.39, 0.29) is 11.8 Å². The molecule has 2 aliphatic heterocycles. The Hall–Kier alpha value is -3.45. The topological polar surface area (TPSA) is 98.4 Å². The molecule has 158 valence electrons. The number of carbonyl (C=O) groups is 2. The molecule has 7 nitrogen and oxygen atoms in total. The summed E-state index contributed by atoms with van der Waals surface area (Å²) in [7, 11) is 0. The van der Waals surface area contributed by atoms with Gasteiger partial charge in [-0.3, -0.25) is 9.59 Å². The predicted molar refractivity (Wildman–Crippen MR) is 122 cm³/mol. The van der Waals surface area contributed by atoms with E-state index >= 15 is 0 Å². The number of hydrogen-bond donors (Lipinski definition) is 4. The van der Waals surface area contributed by atoms with Gasteiger partial charge in [-0.05, 0) is 56.0 Å². The van der Waals surface area contributed by atoms with E-state index in [9.17, 15) is 9.59 Å². The minimum Gasteiger partial charge on any atom is -0.354 e. The second-order valence-corrected chi connectivity index (χ2v) is 8.21. The van der Waals surface area contributed by atoms with Crippen LogP contribution in [-0.4, -0.2) is 36.1 Å². The average molecular weight is 415 g/mol. The summed E-state index contributed by atoms with van der Waals surface area (Å²) in [4.78, 5) is 28.7. The van der Waals surface area contributed by atoms with Crippen LogP contribution >= 0.6 is 0 Å². The summed E-state index contributed by atoms with van der Waals surface area (Å²) in [6, 6.07) is 13.6. The van der Waals surface area contributed by atoms with Crippen LogP contribution in [0.5, 0.6) is 0 Å². The number of nitrogens with one attached hydrogen (secondary N) is 4. The highest BCUT2D eigenvalue weighted by Gasteiger charge is 2.22. The molecule has 0 bridgehead atoms. The van der Waals surface area contributed by atoms with E-state index in [1.165, 1.54) is 0 Å². The Kier molecular flexibility index (Phi) is 5.26. The van der Waals surface area contributed by atoms with Gasteiger partial charge < -0.3 is 15.6 Å². The molecule has 4 N–H and O–H groups in total. The standard InChI is InChI=1S/C24H25N5O2/c30-21(7-6-15-8-10-25-11-9-15)27-17-12-18-22-19(14-26-29-24(18)31)23(28-20(22)13-17)16-4-2-1-3-5-16/h1-5,12-15,25,28H,6-11H2,(H,27,30)(H,29,31). The van der Waals surface area contributed by atoms with Crippen molar-refractivity contribution in [2.45, 2.75) is 25.7 Å². The Morgan fingerprint density at radius 1 is 1.13 bits per heavy atom. The van der Waals surface area contributed by atoms with Crippen LogP contribution in [0.4, 0.5) is 5.69 Å². The van der Waals surface area contributed by atoms with Crippen molar-refractivity contribution in [3.8, 4) is 11.3 Å². The van der Waals surface area contributed by atoms with Gasteiger partial charge in [0.15, 0.2) is 0 Å². The Labute approximate surface area is 180 Å². The van der Waals surface area contributed by atoms with Crippen molar-refractivity contribution in [3.05, 3.63) is 53.6 Å². The number of amides is 2. The Morgan fingerprint density at radius 2 is 1.94 bits per heavy atom. The first kappa shape index (κ1) is 19.5. The molecule has 2 amide bonds. The minimum absolute atomic E-state index is 0.0228. The normalized spacial score (nSPS) is 16.2. The number of nitrogens with zero attached hydrogens (tertiary/aromatic N) is 1. The largest absolute Gasteiger partial charge is 0.354 e. The highest BCUT2D eigenvalue weighted by Crippen LogP contribution is 2.34. The number of benzene rings is 2. The lowest BCUT2D eigenvalue weighted by atomic mass is 9.93. The molecule has 0 radical (unpaired) electrons. The molecule has 31 heavy (non-hydrogen) atoms. The third kappa shape index (κ3) is 3.96. The second-order valence-electron chi connectivity index (χ2n) is 8.21. The van der Waals surface area contributed by atoms with Gasteiger partial charge >= 0.3 is 0 Å². The highest BCUT2D eigenvalue weighted by atomic mass is 16.2. The lowest BCUT2D eigenvalue weighted by Crippen LogP contribution is -2.28. The third-order valence-electron chi connectivity index (χ3n) is 6.13. The summed E-state index contributed by atoms with van der Waals surface area (Å²) in [5, 5.41) is 11.2. The molecule has 3 aromatic rings. The van der Waals surface area contributed by atoms with E-state index in [4.69, 9.17) is 0 Å². The van der Waals surface area contributed by atoms with Crippen LogP contribution in [0.3, 0.4) is 0 Å². The third-order valence-corrected chi connectivity index (χ3v) is 6.13. The van der Waals surface area contributed by atoms with E-state index in [2.05, 4.69) is 26.1 Å². The first-order valence-electron chi connectivity index (χ1n) is 10.8. The molecular formula is C24H25N5O2. The van der Waals surface area contributed by atoms with E-state index in [0.29, 0.717) is 23.6 Å². The molecule has 1 saturated heterocycles. The first-order valence-corrected chi connectivity index (χ1v) is 10.8. The number of aromatic amines is 1. The maximum atomic E-state index is 12.7. The number of piperidine rings is 1. The molecule has 1 aromatic heterocycles. The van der Waals surface area contributed by atoms with E-state index in [0.717, 1.165) is 60.1 Å². The maximum absolute atomic E-state index is 12.7. The smallest absolute Gasteiger partial charge is 0.272 e. The molecule has 0 saturated carbocycles. The summed E-state index contributed by atoms with van der Waals surface area (Å²) >= 11 is 0. The van der Waals surface area contributed by atoms with Gasteiger partial charge in [0.25, 0.3) is 5.91 Å². The van der Waals surface area contributed by atoms with E-state index in [1.54, 1.807) is 12.3 Å². The summed E-state index contributed by atoms with van der Waals surface area (Å²) in [6.07, 6.45) is 5.29. The number of anilines is 1. The quantitative estimate of drug-likeness (QED) is 0.512. The Bertz CT molecular complexity index is 1160. The second kappa shape index (κ2) is 8.35. The number of rotatable bonds is 5. The van der Waals surface area contributed by atoms with Gasteiger partial charge in [0.2, 0.25) is 5.91 Å². The lowest BCUT2D eigenvalue weighted by molar-refractivity contribution is -0.116. The lowest BCUT2D eigenvalue weighted by Gasteiger charge is -2.22. The van der Waals surface area contributed by atoms with E-state index in [1.807, 2.05) is 36.4 Å². The van der Waals surface area contributed by atoms with Crippen LogP contribution in [0.15, 0.2) is 47.6 Å². The number of hydrogen-bond acceptors (Lipinski definition) is 4. The molecule has 3 heterocycles. The van der Waals surface area contributed by atoms with Gasteiger partial charge in [-0.15, -0.1) is 0 Å². The molecule has 0 spiro atoms. The van der Waals surface area contributed by atoms with Gasteiger partial charge in [0, 0.05) is 28.6 Å². The summed E-state index contributed by atoms with van der Waals surface area (Å²) in [6.45, 7) is 2.06. The van der Waals surface area contributed by atoms with Gasteiger partial charge in [-0.1, -0.05) is 30.3 Å². The zero-order valence-corrected chi connectivity index (χ0v) is 17.2. The SMILES string of the molecule is O=C(CCC1CCNCC1)Nc1cc2c3c(c(-c4ccccc4)[nH]c3c1)C=NNC2=O. The molecule has 0 aliphatic carbocycles. The molecule has 5 rings (SSSR count). The van der Waals surface area contributed by atoms with Gasteiger partial charge in [0.1, 0.15) is 0 Å². The Morgan fingerprint density at radius 3 is 2.74 bits per heavy atom. The number of aromatic nitrogens is 1. The number of carbonyl (C=O) groups excluding carboxylic acids is 2. The van der Waals surface area contributed by atoms with Crippen LogP contribution < -0.4 is 16.1 Å². The fraction of sp³-hybridized carbons (Fsp3) is 0.292. The van der Waals surface area contributed by atoms with Crippen molar-refractivity contribution in [2.75, 3.05) is 18.4 Å². The van der Waals surface area contributed by atoms with Crippen LogP contribution in [-0.2, 0) is 4.79 Å². The highest BCUT2D eigenvalue weighted by molar-refractivity contribution is 6.18. The zero-order valence-electron chi connectivity index (χ0n) is 17.2. The van der Waals surface area contributed by atoms with Crippen LogP contribution in [0, 0.1) is 5.92 Å². The minimum atomic E-state index is -0.288. The monoisotopic (exact) mass is 415 g/mol. The fourth-order valence-electron chi connectivity index (χ4n) is 4.52. The predicted octanol–water partition coefficient (Wildman–Crippen LogP) is 3.63. The average Bonchev–Trinajstić information content (AvgIpc) is 3.08. The zero-order chi connectivity index (χ0) is 21.2.